The molecule has 0 saturated carbocycles. The van der Waals surface area contributed by atoms with Crippen LogP contribution in [0.2, 0.25) is 0 Å². The third-order valence-corrected chi connectivity index (χ3v) is 4.79. The van der Waals surface area contributed by atoms with Crippen molar-refractivity contribution in [1.82, 2.24) is 20.3 Å². The molecule has 0 aliphatic heterocycles. The average Bonchev–Trinajstić information content (AvgIpc) is 3.13. The molecule has 0 spiro atoms. The molecule has 0 fully saturated rings. The molecule has 3 rings (SSSR count). The summed E-state index contributed by atoms with van der Waals surface area (Å²) in [6.45, 7) is 0.414. The molecule has 12 nitrogen and oxygen atoms in total. The summed E-state index contributed by atoms with van der Waals surface area (Å²) in [6, 6.07) is 6.88. The Kier molecular flexibility index (Phi) is 6.42. The number of aromatic amines is 2. The molecule has 2 aromatic heterocycles. The van der Waals surface area contributed by atoms with Gasteiger partial charge in [0.05, 0.1) is 12.1 Å². The third-order valence-electron chi connectivity index (χ3n) is 4.79. The Morgan fingerprint density at radius 1 is 1.19 bits per heavy atom. The van der Waals surface area contributed by atoms with E-state index in [0.29, 0.717) is 17.6 Å². The van der Waals surface area contributed by atoms with Gasteiger partial charge in [0.25, 0.3) is 11.5 Å². The van der Waals surface area contributed by atoms with Crippen molar-refractivity contribution in [2.45, 2.75) is 25.4 Å². The summed E-state index contributed by atoms with van der Waals surface area (Å²) in [6.07, 6.45) is -0.589. The van der Waals surface area contributed by atoms with E-state index in [2.05, 4.69) is 20.3 Å². The molecule has 0 aliphatic carbocycles. The number of hydrogen-bond donors (Lipinski definition) is 6. The summed E-state index contributed by atoms with van der Waals surface area (Å²) >= 11 is 0. The smallest absolute Gasteiger partial charge is 0.326 e. The van der Waals surface area contributed by atoms with Crippen molar-refractivity contribution in [2.24, 2.45) is 0 Å². The summed E-state index contributed by atoms with van der Waals surface area (Å²) in [5.41, 5.74) is 7.71. The number of H-pyrrole nitrogens is 2. The zero-order chi connectivity index (χ0) is 23.4. The third kappa shape index (κ3) is 5.22. The van der Waals surface area contributed by atoms with Crippen molar-refractivity contribution < 1.29 is 24.6 Å². The second-order valence-electron chi connectivity index (χ2n) is 7.21. The standard InChI is InChI=1S/C20H22N6O6/c1-26(9-11-8-14-16(22-11)18(30)25-20(21)24-14)12-4-2-10(3-5-12)17(29)23-13(19(31)32)6-7-15(27)28/h2-5,8,13,22H,6-7,9H2,1H3,(H,23,29)(H,27,28)(H,31,32)(H3,21,24,25,30)/t13-/m0/s1. The van der Waals surface area contributed by atoms with E-state index in [9.17, 15) is 24.3 Å². The number of benzene rings is 1. The number of hydrogen-bond acceptors (Lipinski definition) is 7. The van der Waals surface area contributed by atoms with Crippen LogP contribution in [0.1, 0.15) is 28.9 Å². The van der Waals surface area contributed by atoms with Gasteiger partial charge < -0.3 is 31.1 Å². The van der Waals surface area contributed by atoms with E-state index in [1.54, 1.807) is 18.2 Å². The lowest BCUT2D eigenvalue weighted by atomic mass is 10.1. The highest BCUT2D eigenvalue weighted by Gasteiger charge is 2.21. The fourth-order valence-electron chi connectivity index (χ4n) is 3.16. The van der Waals surface area contributed by atoms with Crippen LogP contribution >= 0.6 is 0 Å². The van der Waals surface area contributed by atoms with Gasteiger partial charge >= 0.3 is 11.9 Å². The second-order valence-corrected chi connectivity index (χ2v) is 7.21. The number of carbonyl (C=O) groups excluding carboxylic acids is 1. The second kappa shape index (κ2) is 9.20. The quantitative estimate of drug-likeness (QED) is 0.274. The summed E-state index contributed by atoms with van der Waals surface area (Å²) < 4.78 is 0. The maximum atomic E-state index is 12.3. The van der Waals surface area contributed by atoms with Gasteiger partial charge in [-0.25, -0.2) is 9.78 Å². The summed E-state index contributed by atoms with van der Waals surface area (Å²) in [7, 11) is 1.82. The molecule has 0 saturated heterocycles. The van der Waals surface area contributed by atoms with Gasteiger partial charge in [-0.1, -0.05) is 0 Å². The summed E-state index contributed by atoms with van der Waals surface area (Å²) in [4.78, 5) is 57.6. The Morgan fingerprint density at radius 2 is 1.88 bits per heavy atom. The van der Waals surface area contributed by atoms with Gasteiger partial charge in [0, 0.05) is 30.4 Å². The van der Waals surface area contributed by atoms with Gasteiger partial charge in [0.2, 0.25) is 5.95 Å². The molecular weight excluding hydrogens is 420 g/mol. The Hall–Kier alpha value is -4.35. The maximum absolute atomic E-state index is 12.3. The molecule has 32 heavy (non-hydrogen) atoms. The van der Waals surface area contributed by atoms with Crippen LogP contribution in [0, 0.1) is 0 Å². The van der Waals surface area contributed by atoms with Crippen LogP contribution in [-0.4, -0.2) is 56.1 Å². The lowest BCUT2D eigenvalue weighted by Gasteiger charge is -2.19. The van der Waals surface area contributed by atoms with Crippen LogP contribution in [0.3, 0.4) is 0 Å². The Balaban J connectivity index is 1.67. The van der Waals surface area contributed by atoms with Crippen molar-refractivity contribution in [2.75, 3.05) is 17.7 Å². The zero-order valence-corrected chi connectivity index (χ0v) is 17.1. The number of fused-ring (bicyclic) bond motifs is 1. The highest BCUT2D eigenvalue weighted by atomic mass is 16.4. The van der Waals surface area contributed by atoms with E-state index in [4.69, 9.17) is 10.8 Å². The monoisotopic (exact) mass is 442 g/mol. The van der Waals surface area contributed by atoms with Gasteiger partial charge in [-0.2, -0.15) is 0 Å². The minimum atomic E-state index is -1.30. The molecule has 12 heteroatoms. The summed E-state index contributed by atoms with van der Waals surface area (Å²) in [5.74, 6) is -3.03. The normalized spacial score (nSPS) is 11.8. The highest BCUT2D eigenvalue weighted by Crippen LogP contribution is 2.18. The lowest BCUT2D eigenvalue weighted by Crippen LogP contribution is -2.41. The molecule has 168 valence electrons. The number of nitrogens with zero attached hydrogens (tertiary/aromatic N) is 2. The molecule has 0 bridgehead atoms. The largest absolute Gasteiger partial charge is 0.481 e. The fourth-order valence-corrected chi connectivity index (χ4v) is 3.16. The lowest BCUT2D eigenvalue weighted by molar-refractivity contribution is -0.140. The van der Waals surface area contributed by atoms with E-state index in [-0.39, 0.29) is 29.9 Å². The molecule has 0 unspecified atom stereocenters. The van der Waals surface area contributed by atoms with Gasteiger partial charge in [-0.3, -0.25) is 19.4 Å². The van der Waals surface area contributed by atoms with Gasteiger partial charge in [-0.15, -0.1) is 0 Å². The minimum Gasteiger partial charge on any atom is -0.481 e. The fraction of sp³-hybridized carbons (Fsp3) is 0.250. The van der Waals surface area contributed by atoms with Gasteiger partial charge in [-0.05, 0) is 36.8 Å². The number of nitrogens with two attached hydrogens (primary N) is 1. The molecule has 0 radical (unpaired) electrons. The molecule has 0 aliphatic rings. The number of carboxylic acid groups (broad SMARTS) is 2. The van der Waals surface area contributed by atoms with Crippen molar-refractivity contribution in [3.63, 3.8) is 0 Å². The molecule has 7 N–H and O–H groups in total. The molecule has 2 heterocycles. The van der Waals surface area contributed by atoms with E-state index in [0.717, 1.165) is 11.4 Å². The van der Waals surface area contributed by atoms with Crippen LogP contribution in [0.25, 0.3) is 11.0 Å². The topological polar surface area (TPSA) is 194 Å². The number of carboxylic acids is 2. The number of nitrogen functional groups attached to an aromatic ring is 1. The van der Waals surface area contributed by atoms with Crippen LogP contribution in [0.15, 0.2) is 35.1 Å². The number of rotatable bonds is 9. The minimum absolute atomic E-state index is 0.0309. The number of anilines is 2. The number of aliphatic carboxylic acids is 2. The van der Waals surface area contributed by atoms with Crippen molar-refractivity contribution >= 4 is 40.5 Å². The van der Waals surface area contributed by atoms with Crippen molar-refractivity contribution in [1.29, 1.82) is 0 Å². The van der Waals surface area contributed by atoms with Gasteiger partial charge in [0.15, 0.2) is 0 Å². The number of amides is 1. The van der Waals surface area contributed by atoms with Crippen LogP contribution in [-0.2, 0) is 16.1 Å². The first-order valence-electron chi connectivity index (χ1n) is 9.58. The average molecular weight is 442 g/mol. The van der Waals surface area contributed by atoms with E-state index in [1.165, 1.54) is 12.1 Å². The van der Waals surface area contributed by atoms with Crippen molar-refractivity contribution in [3.05, 3.63) is 51.9 Å². The Bertz CT molecular complexity index is 1220. The van der Waals surface area contributed by atoms with Gasteiger partial charge in [0.1, 0.15) is 11.6 Å². The zero-order valence-electron chi connectivity index (χ0n) is 17.1. The first-order valence-corrected chi connectivity index (χ1v) is 9.58. The number of aromatic nitrogens is 3. The molecular formula is C20H22N6O6. The van der Waals surface area contributed by atoms with Crippen LogP contribution in [0.5, 0.6) is 0 Å². The van der Waals surface area contributed by atoms with E-state index in [1.807, 2.05) is 11.9 Å². The molecule has 1 amide bonds. The van der Waals surface area contributed by atoms with Crippen molar-refractivity contribution in [3.8, 4) is 0 Å². The first kappa shape index (κ1) is 22.3. The Morgan fingerprint density at radius 3 is 2.50 bits per heavy atom. The number of nitrogens with one attached hydrogen (secondary N) is 3. The van der Waals surface area contributed by atoms with Crippen LogP contribution < -0.4 is 21.5 Å². The SMILES string of the molecule is CN(Cc1cc2nc(N)[nH]c(=O)c2[nH]1)c1ccc(C(=O)N[C@@H](CCC(=O)O)C(=O)O)cc1. The summed E-state index contributed by atoms with van der Waals surface area (Å²) in [5, 5.41) is 20.2. The predicted octanol–water partition coefficient (Wildman–Crippen LogP) is 0.518. The highest BCUT2D eigenvalue weighted by molar-refractivity contribution is 5.97. The molecule has 1 atom stereocenters. The molecule has 1 aromatic carbocycles. The van der Waals surface area contributed by atoms with E-state index < -0.39 is 23.9 Å². The van der Waals surface area contributed by atoms with Crippen LogP contribution in [0.4, 0.5) is 11.6 Å². The first-order chi connectivity index (χ1) is 15.1. The predicted molar refractivity (Wildman–Crippen MR) is 115 cm³/mol. The number of carbonyl (C=O) groups is 3. The molecule has 3 aromatic rings. The maximum Gasteiger partial charge on any atom is 0.326 e. The Labute approximate surface area is 181 Å². The van der Waals surface area contributed by atoms with E-state index >= 15 is 0 Å².